The van der Waals surface area contributed by atoms with Crippen molar-refractivity contribution in [1.29, 1.82) is 0 Å². The van der Waals surface area contributed by atoms with Crippen LogP contribution in [-0.4, -0.2) is 46.6 Å². The molecule has 28 heavy (non-hydrogen) atoms. The smallest absolute Gasteiger partial charge is 0.329 e. The van der Waals surface area contributed by atoms with Gasteiger partial charge in [-0.05, 0) is 30.5 Å². The minimum absolute atomic E-state index is 0.234. The van der Waals surface area contributed by atoms with Crippen LogP contribution < -0.4 is 21.2 Å². The summed E-state index contributed by atoms with van der Waals surface area (Å²) in [5.74, 6) is -0.142. The summed E-state index contributed by atoms with van der Waals surface area (Å²) < 4.78 is 3.11. The van der Waals surface area contributed by atoms with E-state index in [1.165, 1.54) is 4.57 Å². The van der Waals surface area contributed by atoms with E-state index in [0.717, 1.165) is 36.4 Å². The van der Waals surface area contributed by atoms with Gasteiger partial charge in [-0.3, -0.25) is 24.0 Å². The Morgan fingerprint density at radius 1 is 1.14 bits per heavy atom. The molecule has 2 N–H and O–H groups in total. The maximum absolute atomic E-state index is 12.9. The normalized spacial score (nSPS) is 23.5. The van der Waals surface area contributed by atoms with E-state index in [2.05, 4.69) is 29.4 Å². The van der Waals surface area contributed by atoms with Crippen LogP contribution in [0.25, 0.3) is 11.0 Å². The van der Waals surface area contributed by atoms with Crippen LogP contribution in [0.1, 0.15) is 32.7 Å². The Kier molecular flexibility index (Phi) is 4.74. The van der Waals surface area contributed by atoms with E-state index in [0.29, 0.717) is 18.4 Å². The van der Waals surface area contributed by atoms with Gasteiger partial charge in [-0.25, -0.2) is 4.79 Å². The van der Waals surface area contributed by atoms with Crippen LogP contribution >= 0.6 is 0 Å². The number of hydrogen-bond acceptors (Lipinski definition) is 5. The molecule has 1 aromatic heterocycles. The lowest BCUT2D eigenvalue weighted by molar-refractivity contribution is -0.135. The van der Waals surface area contributed by atoms with Crippen molar-refractivity contribution in [3.05, 3.63) is 28.7 Å². The molecule has 2 aliphatic rings. The average Bonchev–Trinajstić information content (AvgIpc) is 2.92. The summed E-state index contributed by atoms with van der Waals surface area (Å²) in [4.78, 5) is 39.0. The van der Waals surface area contributed by atoms with Crippen molar-refractivity contribution in [2.45, 2.75) is 38.8 Å². The Bertz CT molecular complexity index is 990. The predicted molar refractivity (Wildman–Crippen MR) is 107 cm³/mol. The van der Waals surface area contributed by atoms with E-state index in [4.69, 9.17) is 0 Å². The summed E-state index contributed by atoms with van der Waals surface area (Å²) in [6, 6.07) is 5.75. The summed E-state index contributed by atoms with van der Waals surface area (Å²) in [7, 11) is 1.73. The fraction of sp³-hybridized carbons (Fsp3) is 0.550. The van der Waals surface area contributed by atoms with Crippen molar-refractivity contribution in [2.75, 3.05) is 24.5 Å². The fourth-order valence-corrected chi connectivity index (χ4v) is 4.24. The first-order valence-electron chi connectivity index (χ1n) is 9.90. The molecule has 3 heterocycles. The average molecular weight is 385 g/mol. The van der Waals surface area contributed by atoms with Gasteiger partial charge in [0.1, 0.15) is 6.04 Å². The number of imide groups is 1. The molecule has 0 aliphatic carbocycles. The molecular weight excluding hydrogens is 358 g/mol. The first-order chi connectivity index (χ1) is 13.4. The summed E-state index contributed by atoms with van der Waals surface area (Å²) in [5, 5.41) is 5.90. The number of hydrogen-bond donors (Lipinski definition) is 2. The monoisotopic (exact) mass is 385 g/mol. The van der Waals surface area contributed by atoms with E-state index < -0.39 is 11.9 Å². The first kappa shape index (κ1) is 18.7. The number of nitrogens with one attached hydrogen (secondary N) is 2. The second kappa shape index (κ2) is 7.09. The number of aryl methyl sites for hydroxylation is 1. The van der Waals surface area contributed by atoms with Crippen LogP contribution in [0.3, 0.4) is 0 Å². The summed E-state index contributed by atoms with van der Waals surface area (Å²) >= 11 is 0. The minimum atomic E-state index is -0.649. The summed E-state index contributed by atoms with van der Waals surface area (Å²) in [5.41, 5.74) is 2.37. The van der Waals surface area contributed by atoms with E-state index >= 15 is 0 Å². The van der Waals surface area contributed by atoms with Gasteiger partial charge in [0.05, 0.1) is 11.0 Å². The number of aromatic nitrogens is 2. The molecule has 0 spiro atoms. The van der Waals surface area contributed by atoms with Gasteiger partial charge in [-0.2, -0.15) is 0 Å². The van der Waals surface area contributed by atoms with E-state index in [9.17, 15) is 14.4 Å². The number of anilines is 1. The van der Waals surface area contributed by atoms with Gasteiger partial charge in [-0.15, -0.1) is 0 Å². The molecule has 1 unspecified atom stereocenters. The zero-order valence-electron chi connectivity index (χ0n) is 16.6. The molecule has 8 heteroatoms. The van der Waals surface area contributed by atoms with Crippen molar-refractivity contribution < 1.29 is 9.59 Å². The first-order valence-corrected chi connectivity index (χ1v) is 9.90. The number of piperidine rings is 1. The lowest BCUT2D eigenvalue weighted by Gasteiger charge is -2.37. The minimum Gasteiger partial charge on any atom is -0.369 e. The maximum atomic E-state index is 12.9. The van der Waals surface area contributed by atoms with Crippen LogP contribution in [0.2, 0.25) is 0 Å². The lowest BCUT2D eigenvalue weighted by Crippen LogP contribution is -2.53. The maximum Gasteiger partial charge on any atom is 0.329 e. The molecular formula is C20H27N5O3. The van der Waals surface area contributed by atoms with Crippen molar-refractivity contribution in [2.24, 2.45) is 13.0 Å². The van der Waals surface area contributed by atoms with E-state index in [1.807, 2.05) is 18.2 Å². The second-order valence-corrected chi connectivity index (χ2v) is 8.10. The number of nitrogens with zero attached hydrogens (tertiary/aromatic N) is 3. The molecule has 2 amide bonds. The summed E-state index contributed by atoms with van der Waals surface area (Å²) in [6.45, 7) is 7.20. The van der Waals surface area contributed by atoms with Gasteiger partial charge in [0.2, 0.25) is 11.8 Å². The molecule has 0 bridgehead atoms. The molecule has 1 aromatic carbocycles. The zero-order valence-corrected chi connectivity index (χ0v) is 16.6. The molecule has 2 aliphatic heterocycles. The standard InChI is InChI=1S/C20H27N5O3/c1-12(2)14-11-24(9-8-21-14)13-4-5-15-17(10-13)23(3)20(28)25(15)16-6-7-18(26)22-19(16)27/h4-5,10,12,14,16,21H,6-9,11H2,1-3H3,(H,22,26,27)/t14-,16?/m1/s1. The van der Waals surface area contributed by atoms with Gasteiger partial charge >= 0.3 is 5.69 Å². The Balaban J connectivity index is 1.72. The van der Waals surface area contributed by atoms with Crippen LogP contribution in [0.4, 0.5) is 5.69 Å². The zero-order chi connectivity index (χ0) is 20.0. The molecule has 2 atom stereocenters. The van der Waals surface area contributed by atoms with Gasteiger partial charge in [0.25, 0.3) is 0 Å². The Labute approximate surface area is 163 Å². The number of fused-ring (bicyclic) bond motifs is 1. The number of benzene rings is 1. The van der Waals surface area contributed by atoms with Crippen LogP contribution in [0.5, 0.6) is 0 Å². The van der Waals surface area contributed by atoms with Crippen LogP contribution in [0.15, 0.2) is 23.0 Å². The highest BCUT2D eigenvalue weighted by Crippen LogP contribution is 2.27. The third-order valence-electron chi connectivity index (χ3n) is 5.97. The molecule has 150 valence electrons. The highest BCUT2D eigenvalue weighted by atomic mass is 16.2. The molecule has 8 nitrogen and oxygen atoms in total. The second-order valence-electron chi connectivity index (χ2n) is 8.10. The van der Waals surface area contributed by atoms with Gasteiger partial charge in [0.15, 0.2) is 0 Å². The van der Waals surface area contributed by atoms with Crippen molar-refractivity contribution in [3.63, 3.8) is 0 Å². The Morgan fingerprint density at radius 2 is 1.93 bits per heavy atom. The van der Waals surface area contributed by atoms with Crippen molar-refractivity contribution >= 4 is 28.5 Å². The molecule has 2 aromatic rings. The molecule has 4 rings (SSSR count). The number of amides is 2. The molecule has 2 saturated heterocycles. The van der Waals surface area contributed by atoms with Crippen molar-refractivity contribution in [1.82, 2.24) is 19.8 Å². The number of piperazine rings is 1. The molecule has 2 fully saturated rings. The Hall–Kier alpha value is -2.61. The Morgan fingerprint density at radius 3 is 2.64 bits per heavy atom. The summed E-state index contributed by atoms with van der Waals surface area (Å²) in [6.07, 6.45) is 0.591. The SMILES string of the molecule is CC(C)[C@H]1CN(c2ccc3c(c2)n(C)c(=O)n3C2CCC(=O)NC2=O)CCN1. The largest absolute Gasteiger partial charge is 0.369 e. The lowest BCUT2D eigenvalue weighted by atomic mass is 10.0. The molecule has 0 radical (unpaired) electrons. The van der Waals surface area contributed by atoms with Gasteiger partial charge in [-0.1, -0.05) is 13.8 Å². The fourth-order valence-electron chi connectivity index (χ4n) is 4.24. The number of rotatable bonds is 3. The predicted octanol–water partition coefficient (Wildman–Crippen LogP) is 0.752. The van der Waals surface area contributed by atoms with Gasteiger partial charge < -0.3 is 10.2 Å². The molecule has 0 saturated carbocycles. The van der Waals surface area contributed by atoms with E-state index in [1.54, 1.807) is 11.6 Å². The number of carbonyl (C=O) groups excluding carboxylic acids is 2. The highest BCUT2D eigenvalue weighted by Gasteiger charge is 2.31. The third kappa shape index (κ3) is 3.11. The van der Waals surface area contributed by atoms with Crippen molar-refractivity contribution in [3.8, 4) is 0 Å². The van der Waals surface area contributed by atoms with Gasteiger partial charge in [0, 0.05) is 44.8 Å². The topological polar surface area (TPSA) is 88.4 Å². The third-order valence-corrected chi connectivity index (χ3v) is 5.97. The number of carbonyl (C=O) groups is 2. The highest BCUT2D eigenvalue weighted by molar-refractivity contribution is 6.00. The van der Waals surface area contributed by atoms with E-state index in [-0.39, 0.29) is 18.0 Å². The van der Waals surface area contributed by atoms with Crippen LogP contribution in [0, 0.1) is 5.92 Å². The van der Waals surface area contributed by atoms with Crippen LogP contribution in [-0.2, 0) is 16.6 Å². The quantitative estimate of drug-likeness (QED) is 0.762. The number of imidazole rings is 1.